The highest BCUT2D eigenvalue weighted by Gasteiger charge is 2.18. The van der Waals surface area contributed by atoms with Crippen LogP contribution in [0.25, 0.3) is 0 Å². The molecule has 0 heterocycles. The number of amides is 1. The molecule has 0 aromatic carbocycles. The van der Waals surface area contributed by atoms with E-state index in [4.69, 9.17) is 4.74 Å². The molecule has 0 spiro atoms. The lowest BCUT2D eigenvalue weighted by Crippen LogP contribution is -2.45. The second kappa shape index (κ2) is 64.3. The number of esters is 1. The number of allylic oxidation sites excluding steroid dienone is 7. The molecular weight excluding hydrogens is 923 g/mol. The zero-order chi connectivity index (χ0) is 54.3. The number of rotatable bonds is 62. The third-order valence-corrected chi connectivity index (χ3v) is 15.3. The van der Waals surface area contributed by atoms with Gasteiger partial charge in [-0.15, -0.1) is 0 Å². The molecule has 440 valence electrons. The highest BCUT2D eigenvalue weighted by atomic mass is 16.5. The van der Waals surface area contributed by atoms with E-state index in [1.807, 2.05) is 6.08 Å². The molecule has 0 aliphatic carbocycles. The van der Waals surface area contributed by atoms with Gasteiger partial charge in [-0.05, 0) is 89.9 Å². The minimum atomic E-state index is -0.840. The van der Waals surface area contributed by atoms with E-state index in [1.165, 1.54) is 276 Å². The first-order chi connectivity index (χ1) is 37.0. The van der Waals surface area contributed by atoms with E-state index in [9.17, 15) is 19.8 Å². The van der Waals surface area contributed by atoms with Gasteiger partial charge in [0.1, 0.15) is 0 Å². The van der Waals surface area contributed by atoms with Crippen molar-refractivity contribution < 1.29 is 24.5 Å². The first-order valence-corrected chi connectivity index (χ1v) is 33.4. The van der Waals surface area contributed by atoms with Crippen molar-refractivity contribution in [3.8, 4) is 0 Å². The van der Waals surface area contributed by atoms with Gasteiger partial charge in [0.15, 0.2) is 0 Å². The molecule has 0 bridgehead atoms. The maximum Gasteiger partial charge on any atom is 0.305 e. The van der Waals surface area contributed by atoms with Gasteiger partial charge in [-0.3, -0.25) is 9.59 Å². The SMILES string of the molecule is CCCCC/C=C\CCCCCCCC(=O)OCCCCCCCCCCCCCCC/C=C\C/C=C\CCCCCCCCCCCCCCCCCCCC(=O)NC(CO)C(O)/C=C/CCCCCCCCC. The molecule has 6 heteroatoms. The van der Waals surface area contributed by atoms with E-state index in [2.05, 4.69) is 55.6 Å². The molecule has 6 nitrogen and oxygen atoms in total. The smallest absolute Gasteiger partial charge is 0.305 e. The number of carbonyl (C=O) groups is 2. The van der Waals surface area contributed by atoms with Gasteiger partial charge in [0.25, 0.3) is 0 Å². The van der Waals surface area contributed by atoms with E-state index in [0.717, 1.165) is 51.4 Å². The zero-order valence-electron chi connectivity index (χ0n) is 50.3. The van der Waals surface area contributed by atoms with Crippen molar-refractivity contribution in [3.05, 3.63) is 48.6 Å². The monoisotopic (exact) mass is 1050 g/mol. The first-order valence-electron chi connectivity index (χ1n) is 33.4. The molecule has 75 heavy (non-hydrogen) atoms. The van der Waals surface area contributed by atoms with Gasteiger partial charge < -0.3 is 20.3 Å². The van der Waals surface area contributed by atoms with E-state index in [-0.39, 0.29) is 18.5 Å². The second-order valence-electron chi connectivity index (χ2n) is 22.8. The molecule has 0 aromatic heterocycles. The highest BCUT2D eigenvalue weighted by Crippen LogP contribution is 2.17. The number of hydrogen-bond donors (Lipinski definition) is 3. The van der Waals surface area contributed by atoms with Crippen LogP contribution in [0, 0.1) is 0 Å². The van der Waals surface area contributed by atoms with Crippen LogP contribution < -0.4 is 5.32 Å². The van der Waals surface area contributed by atoms with Crippen molar-refractivity contribution in [2.45, 2.75) is 366 Å². The molecule has 3 N–H and O–H groups in total. The molecule has 0 rings (SSSR count). The molecular formula is C69H129NO5. The van der Waals surface area contributed by atoms with E-state index < -0.39 is 12.1 Å². The lowest BCUT2D eigenvalue weighted by Gasteiger charge is -2.20. The summed E-state index contributed by atoms with van der Waals surface area (Å²) in [6.07, 6.45) is 83.5. The Bertz CT molecular complexity index is 1260. The van der Waals surface area contributed by atoms with Gasteiger partial charge >= 0.3 is 5.97 Å². The number of nitrogens with one attached hydrogen (secondary N) is 1. The Kier molecular flexibility index (Phi) is 62.5. The van der Waals surface area contributed by atoms with Crippen molar-refractivity contribution in [1.82, 2.24) is 5.32 Å². The van der Waals surface area contributed by atoms with Crippen molar-refractivity contribution in [1.29, 1.82) is 0 Å². The summed E-state index contributed by atoms with van der Waals surface area (Å²) in [6.45, 7) is 4.86. The fourth-order valence-electron chi connectivity index (χ4n) is 10.2. The Morgan fingerprint density at radius 2 is 0.667 bits per heavy atom. The van der Waals surface area contributed by atoms with Crippen LogP contribution in [0.3, 0.4) is 0 Å². The average molecular weight is 1050 g/mol. The van der Waals surface area contributed by atoms with E-state index in [1.54, 1.807) is 6.08 Å². The molecule has 0 aliphatic rings. The summed E-state index contributed by atoms with van der Waals surface area (Å²) in [7, 11) is 0. The van der Waals surface area contributed by atoms with Gasteiger partial charge in [-0.2, -0.15) is 0 Å². The Hall–Kier alpha value is -2.18. The molecule has 0 saturated carbocycles. The first kappa shape index (κ1) is 72.8. The molecule has 2 unspecified atom stereocenters. The lowest BCUT2D eigenvalue weighted by molar-refractivity contribution is -0.143. The largest absolute Gasteiger partial charge is 0.466 e. The maximum absolute atomic E-state index is 12.4. The van der Waals surface area contributed by atoms with Gasteiger partial charge in [0, 0.05) is 12.8 Å². The molecule has 0 saturated heterocycles. The predicted octanol–water partition coefficient (Wildman–Crippen LogP) is 21.3. The minimum absolute atomic E-state index is 0.00814. The van der Waals surface area contributed by atoms with Crippen molar-refractivity contribution in [2.24, 2.45) is 0 Å². The van der Waals surface area contributed by atoms with E-state index >= 15 is 0 Å². The topological polar surface area (TPSA) is 95.9 Å². The van der Waals surface area contributed by atoms with Crippen LogP contribution in [0.5, 0.6) is 0 Å². The summed E-state index contributed by atoms with van der Waals surface area (Å²) < 4.78 is 5.47. The molecule has 0 radical (unpaired) electrons. The third kappa shape index (κ3) is 60.9. The second-order valence-corrected chi connectivity index (χ2v) is 22.8. The van der Waals surface area contributed by atoms with Crippen LogP contribution in [0.1, 0.15) is 354 Å². The van der Waals surface area contributed by atoms with Crippen LogP contribution in [0.15, 0.2) is 48.6 Å². The Morgan fingerprint density at radius 1 is 0.373 bits per heavy atom. The summed E-state index contributed by atoms with van der Waals surface area (Å²) in [5.74, 6) is -0.0592. The zero-order valence-corrected chi connectivity index (χ0v) is 50.3. The Balaban J connectivity index is 3.35. The van der Waals surface area contributed by atoms with Gasteiger partial charge in [0.05, 0.1) is 25.4 Å². The summed E-state index contributed by atoms with van der Waals surface area (Å²) in [4.78, 5) is 24.4. The Labute approximate surface area is 467 Å². The standard InChI is InChI=1S/C69H129NO5/c1-3-5-7-9-11-13-14-43-47-51-55-59-63-69(74)75-64-60-56-52-48-44-41-39-37-35-33-31-29-27-25-23-21-19-17-15-16-18-20-22-24-26-28-30-32-34-36-38-40-42-46-50-54-58-62-68(73)70-66(65-71)67(72)61-57-53-49-45-12-10-8-6-4-2/h11,13,15,17,21,23,57,61,66-67,71-72H,3-10,12,14,16,18-20,22,24-56,58-60,62-65H2,1-2H3,(H,70,73)/b13-11-,17-15-,23-21-,61-57+. The molecule has 0 aliphatic heterocycles. The number of aliphatic hydroxyl groups excluding tert-OH is 2. The Morgan fingerprint density at radius 3 is 1.05 bits per heavy atom. The summed E-state index contributed by atoms with van der Waals surface area (Å²) >= 11 is 0. The third-order valence-electron chi connectivity index (χ3n) is 15.3. The van der Waals surface area contributed by atoms with Crippen molar-refractivity contribution in [2.75, 3.05) is 13.2 Å². The van der Waals surface area contributed by atoms with Crippen LogP contribution in [0.4, 0.5) is 0 Å². The van der Waals surface area contributed by atoms with Crippen LogP contribution in [-0.4, -0.2) is 47.4 Å². The summed E-state index contributed by atoms with van der Waals surface area (Å²) in [6, 6.07) is -0.624. The minimum Gasteiger partial charge on any atom is -0.466 e. The van der Waals surface area contributed by atoms with Gasteiger partial charge in [-0.25, -0.2) is 0 Å². The predicted molar refractivity (Wildman–Crippen MR) is 329 cm³/mol. The highest BCUT2D eigenvalue weighted by molar-refractivity contribution is 5.76. The van der Waals surface area contributed by atoms with Crippen LogP contribution in [-0.2, 0) is 14.3 Å². The number of hydrogen-bond acceptors (Lipinski definition) is 5. The lowest BCUT2D eigenvalue weighted by atomic mass is 10.0. The fraction of sp³-hybridized carbons (Fsp3) is 0.855. The normalized spacial score (nSPS) is 12.9. The molecule has 0 fully saturated rings. The maximum atomic E-state index is 12.4. The molecule has 1 amide bonds. The quantitative estimate of drug-likeness (QED) is 0.0320. The summed E-state index contributed by atoms with van der Waals surface area (Å²) in [5, 5.41) is 23.0. The van der Waals surface area contributed by atoms with E-state index in [0.29, 0.717) is 19.4 Å². The number of carbonyl (C=O) groups excluding carboxylic acids is 2. The summed E-state index contributed by atoms with van der Waals surface area (Å²) in [5.41, 5.74) is 0. The van der Waals surface area contributed by atoms with Crippen molar-refractivity contribution >= 4 is 11.9 Å². The number of unbranched alkanes of at least 4 members (excludes halogenated alkanes) is 45. The van der Waals surface area contributed by atoms with Gasteiger partial charge in [-0.1, -0.05) is 300 Å². The molecule has 2 atom stereocenters. The fourth-order valence-corrected chi connectivity index (χ4v) is 10.2. The van der Waals surface area contributed by atoms with Crippen LogP contribution in [0.2, 0.25) is 0 Å². The molecule has 0 aromatic rings. The van der Waals surface area contributed by atoms with Crippen LogP contribution >= 0.6 is 0 Å². The van der Waals surface area contributed by atoms with Gasteiger partial charge in [0.2, 0.25) is 5.91 Å². The average Bonchev–Trinajstić information content (AvgIpc) is 3.41. The number of aliphatic hydroxyl groups is 2. The van der Waals surface area contributed by atoms with Crippen molar-refractivity contribution in [3.63, 3.8) is 0 Å². The number of ether oxygens (including phenoxy) is 1.